The number of imide groups is 1. The van der Waals surface area contributed by atoms with Crippen LogP contribution in [0, 0.1) is 7.43 Å². The van der Waals surface area contributed by atoms with Crippen molar-refractivity contribution in [3.8, 4) is 0 Å². The third-order valence-corrected chi connectivity index (χ3v) is 3.90. The maximum absolute atomic E-state index is 10.8. The molecule has 0 aromatic heterocycles. The molecule has 0 bridgehead atoms. The standard InChI is InChI=1S/C6H9NO3S.C5H11NO2S.C3H6O3.CH3O.CH4.CH3.Na.H2O/c1-11-3-2-4-5(8)7-6(9)10-4;1-9-3-2-4(7)5(6)8;1-5-3(4)6-2;1-2;;;;/h4H,2-3H2,1H3,(H,7,8,9);4,7H,2-3H2,1H3,(H2,6,8);1-2H3;1H3;1H4;1H3;;1H2/q;;;-1;;-1;+1;. The fourth-order valence-corrected chi connectivity index (χ4v) is 2.17. The van der Waals surface area contributed by atoms with Gasteiger partial charge in [-0.05, 0) is 30.4 Å². The van der Waals surface area contributed by atoms with Crippen LogP contribution in [0.4, 0.5) is 9.59 Å². The van der Waals surface area contributed by atoms with Crippen molar-refractivity contribution in [1.29, 1.82) is 0 Å². The van der Waals surface area contributed by atoms with Gasteiger partial charge in [-0.15, -0.1) is 0 Å². The first-order valence-corrected chi connectivity index (χ1v) is 10.5. The number of methoxy groups -OCH3 is 2. The average molecular weight is 518 g/mol. The van der Waals surface area contributed by atoms with Gasteiger partial charge in [0.1, 0.15) is 6.10 Å². The summed E-state index contributed by atoms with van der Waals surface area (Å²) in [4.78, 5) is 41.2. The fourth-order valence-electron chi connectivity index (χ4n) is 1.26. The topological polar surface area (TPSA) is 209 Å². The number of alkyl carbamates (subject to hydrolysis) is 1. The van der Waals surface area contributed by atoms with Crippen molar-refractivity contribution in [1.82, 2.24) is 5.32 Å². The van der Waals surface area contributed by atoms with Gasteiger partial charge in [0.2, 0.25) is 5.91 Å². The second kappa shape index (κ2) is 34.9. The minimum absolute atomic E-state index is 0. The van der Waals surface area contributed by atoms with Gasteiger partial charge in [-0.2, -0.15) is 30.6 Å². The Morgan fingerprint density at radius 1 is 1.19 bits per heavy atom. The van der Waals surface area contributed by atoms with Crippen LogP contribution in [-0.4, -0.2) is 92.2 Å². The molecule has 1 fully saturated rings. The summed E-state index contributed by atoms with van der Waals surface area (Å²) in [7, 11) is 3.26. The molecule has 0 spiro atoms. The van der Waals surface area contributed by atoms with Crippen LogP contribution in [0.15, 0.2) is 0 Å². The van der Waals surface area contributed by atoms with Crippen molar-refractivity contribution in [3.05, 3.63) is 7.43 Å². The number of carbonyl (C=O) groups is 4. The second-order valence-electron chi connectivity index (χ2n) is 4.52. The van der Waals surface area contributed by atoms with Crippen molar-refractivity contribution in [2.45, 2.75) is 32.5 Å². The van der Waals surface area contributed by atoms with Gasteiger partial charge in [0, 0.05) is 6.42 Å². The zero-order chi connectivity index (χ0) is 22.5. The number of carbonyl (C=O) groups excluding carboxylic acids is 4. The Balaban J connectivity index is -0.0000000549. The number of primary amides is 1. The van der Waals surface area contributed by atoms with Gasteiger partial charge in [0.25, 0.3) is 5.91 Å². The van der Waals surface area contributed by atoms with Crippen LogP contribution in [0.5, 0.6) is 0 Å². The van der Waals surface area contributed by atoms with E-state index in [1.807, 2.05) is 12.5 Å². The van der Waals surface area contributed by atoms with Crippen molar-refractivity contribution < 1.29 is 78.6 Å². The molecule has 0 saturated carbocycles. The quantitative estimate of drug-likeness (QED) is 0.172. The molecule has 15 heteroatoms. The molecule has 0 aromatic rings. The summed E-state index contributed by atoms with van der Waals surface area (Å²) in [6.45, 7) is 0. The minimum Gasteiger partial charge on any atom is -0.857 e. The van der Waals surface area contributed by atoms with E-state index in [-0.39, 0.29) is 55.8 Å². The van der Waals surface area contributed by atoms with Crippen molar-refractivity contribution in [2.75, 3.05) is 45.3 Å². The Kier molecular flexibility index (Phi) is 53.0. The Labute approximate surface area is 221 Å². The van der Waals surface area contributed by atoms with Crippen LogP contribution >= 0.6 is 23.5 Å². The van der Waals surface area contributed by atoms with Gasteiger partial charge >= 0.3 is 41.8 Å². The zero-order valence-corrected chi connectivity index (χ0v) is 22.7. The number of rotatable bonds is 7. The smallest absolute Gasteiger partial charge is 0.857 e. The van der Waals surface area contributed by atoms with Crippen LogP contribution < -0.4 is 45.7 Å². The van der Waals surface area contributed by atoms with E-state index in [4.69, 9.17) is 15.9 Å². The summed E-state index contributed by atoms with van der Waals surface area (Å²) >= 11 is 3.20. The molecule has 6 N–H and O–H groups in total. The molecule has 0 radical (unpaired) electrons. The maximum Gasteiger partial charge on any atom is 1.00 e. The summed E-state index contributed by atoms with van der Waals surface area (Å²) < 4.78 is 12.7. The second-order valence-corrected chi connectivity index (χ2v) is 6.49. The van der Waals surface area contributed by atoms with E-state index in [0.717, 1.165) is 18.6 Å². The van der Waals surface area contributed by atoms with E-state index >= 15 is 0 Å². The largest absolute Gasteiger partial charge is 1.00 e. The summed E-state index contributed by atoms with van der Waals surface area (Å²) in [6, 6.07) is 0. The zero-order valence-electron chi connectivity index (χ0n) is 19.1. The molecule has 1 rings (SSSR count). The molecular weight excluding hydrogens is 479 g/mol. The van der Waals surface area contributed by atoms with E-state index in [1.54, 1.807) is 23.5 Å². The molecule has 3 amide bonds. The molecule has 1 heterocycles. The number of hydrogen-bond acceptors (Lipinski definition) is 11. The van der Waals surface area contributed by atoms with Crippen LogP contribution in [0.2, 0.25) is 0 Å². The Morgan fingerprint density at radius 2 is 1.62 bits per heavy atom. The van der Waals surface area contributed by atoms with Gasteiger partial charge in [0.15, 0.2) is 6.10 Å². The summed E-state index contributed by atoms with van der Waals surface area (Å²) in [5, 5.41) is 19.1. The van der Waals surface area contributed by atoms with E-state index in [0.29, 0.717) is 12.8 Å². The number of hydrogen-bond donors (Lipinski definition) is 3. The Hall–Kier alpha value is -0.740. The van der Waals surface area contributed by atoms with Gasteiger partial charge in [-0.1, -0.05) is 7.43 Å². The minimum atomic E-state index is -0.961. The molecule has 190 valence electrons. The first-order valence-electron chi connectivity index (χ1n) is 7.72. The fraction of sp³-hybridized carbons (Fsp3) is 0.706. The molecule has 32 heavy (non-hydrogen) atoms. The Bertz CT molecular complexity index is 457. The monoisotopic (exact) mass is 517 g/mol. The molecule has 1 aliphatic heterocycles. The molecule has 2 atom stereocenters. The van der Waals surface area contributed by atoms with Crippen LogP contribution in [0.3, 0.4) is 0 Å². The van der Waals surface area contributed by atoms with Crippen LogP contribution in [0.1, 0.15) is 20.3 Å². The molecule has 0 aliphatic carbocycles. The first-order chi connectivity index (χ1) is 13.2. The summed E-state index contributed by atoms with van der Waals surface area (Å²) in [5.74, 6) is 0.642. The number of ether oxygens (including phenoxy) is 3. The van der Waals surface area contributed by atoms with Gasteiger partial charge in [0.05, 0.1) is 14.2 Å². The molecular formula is C17H38N2NaO10S2-. The van der Waals surface area contributed by atoms with Gasteiger partial charge in [-0.25, -0.2) is 9.59 Å². The number of nitrogens with one attached hydrogen (secondary N) is 1. The van der Waals surface area contributed by atoms with E-state index in [9.17, 15) is 19.2 Å². The van der Waals surface area contributed by atoms with Gasteiger partial charge < -0.3 is 43.1 Å². The SMILES string of the molecule is C.COC(=O)OC.CSCCC(O)C(N)=O.CSCCC1OC(=O)NC1=O.C[O-].O.[CH3-].[Na+]. The van der Waals surface area contributed by atoms with Crippen LogP contribution in [-0.2, 0) is 23.8 Å². The number of amides is 3. The molecule has 2 unspecified atom stereocenters. The Morgan fingerprint density at radius 3 is 1.88 bits per heavy atom. The third-order valence-electron chi connectivity index (χ3n) is 2.61. The van der Waals surface area contributed by atoms with Crippen LogP contribution in [0.25, 0.3) is 0 Å². The van der Waals surface area contributed by atoms with Gasteiger partial charge in [-0.3, -0.25) is 14.9 Å². The van der Waals surface area contributed by atoms with E-state index in [1.165, 1.54) is 14.2 Å². The van der Waals surface area contributed by atoms with Crippen molar-refractivity contribution in [2.24, 2.45) is 5.73 Å². The predicted molar refractivity (Wildman–Crippen MR) is 122 cm³/mol. The molecule has 1 saturated heterocycles. The molecule has 12 nitrogen and oxygen atoms in total. The number of cyclic esters (lactones) is 1. The normalized spacial score (nSPS) is 13.2. The number of aliphatic hydroxyl groups is 1. The van der Waals surface area contributed by atoms with E-state index in [2.05, 4.69) is 19.5 Å². The molecule has 0 aromatic carbocycles. The first kappa shape index (κ1) is 48.6. The molecule has 1 aliphatic rings. The van der Waals surface area contributed by atoms with E-state index < -0.39 is 30.4 Å². The maximum atomic E-state index is 10.8. The predicted octanol–water partition coefficient (Wildman–Crippen LogP) is -3.40. The number of aliphatic hydroxyl groups excluding tert-OH is 1. The summed E-state index contributed by atoms with van der Waals surface area (Å²) in [6.07, 6.45) is 2.10. The summed E-state index contributed by atoms with van der Waals surface area (Å²) in [5.41, 5.74) is 4.78. The van der Waals surface area contributed by atoms with Crippen molar-refractivity contribution >= 4 is 47.6 Å². The average Bonchev–Trinajstić information content (AvgIpc) is 3.03. The number of thioether (sulfide) groups is 2. The third kappa shape index (κ3) is 31.4. The van der Waals surface area contributed by atoms with Crippen molar-refractivity contribution in [3.63, 3.8) is 0 Å². The number of nitrogens with two attached hydrogens (primary N) is 1.